The Labute approximate surface area is 181 Å². The standard InChI is InChI=1S/C21H25Cl2N5O/c1-13-6-9-27(10-7-13)20-15-12-28(11-8-18(15)24-14(2)25-20)21(29)26-19-16(22)4-3-5-17(19)23/h3-5,13H,6-12H2,1-2H3,(H,26,29). The number of anilines is 2. The molecule has 6 nitrogen and oxygen atoms in total. The van der Waals surface area contributed by atoms with E-state index in [2.05, 4.69) is 22.1 Å². The summed E-state index contributed by atoms with van der Waals surface area (Å²) >= 11 is 12.4. The van der Waals surface area contributed by atoms with Crippen molar-refractivity contribution >= 4 is 40.7 Å². The Morgan fingerprint density at radius 1 is 1.14 bits per heavy atom. The number of benzene rings is 1. The van der Waals surface area contributed by atoms with Crippen molar-refractivity contribution in [2.45, 2.75) is 39.7 Å². The van der Waals surface area contributed by atoms with Crippen LogP contribution in [0.1, 0.15) is 36.8 Å². The molecule has 0 spiro atoms. The number of carbonyl (C=O) groups is 1. The minimum atomic E-state index is -0.218. The Balaban J connectivity index is 1.56. The Bertz CT molecular complexity index is 907. The van der Waals surface area contributed by atoms with Crippen LogP contribution in [-0.2, 0) is 13.0 Å². The quantitative estimate of drug-likeness (QED) is 0.729. The molecule has 4 rings (SSSR count). The van der Waals surface area contributed by atoms with E-state index in [-0.39, 0.29) is 6.03 Å². The molecular formula is C21H25Cl2N5O. The molecule has 154 valence electrons. The van der Waals surface area contributed by atoms with Crippen LogP contribution in [0.2, 0.25) is 10.0 Å². The molecule has 2 aromatic rings. The Kier molecular flexibility index (Phi) is 5.83. The molecule has 0 aliphatic carbocycles. The Morgan fingerprint density at radius 3 is 2.52 bits per heavy atom. The summed E-state index contributed by atoms with van der Waals surface area (Å²) in [6.45, 7) is 7.29. The van der Waals surface area contributed by atoms with Crippen molar-refractivity contribution < 1.29 is 4.79 Å². The van der Waals surface area contributed by atoms with Crippen LogP contribution in [0.4, 0.5) is 16.3 Å². The SMILES string of the molecule is Cc1nc2c(c(N3CCC(C)CC3)n1)CN(C(=O)Nc1c(Cl)cccc1Cl)CC2. The van der Waals surface area contributed by atoms with E-state index in [0.29, 0.717) is 35.2 Å². The van der Waals surface area contributed by atoms with Gasteiger partial charge in [0.15, 0.2) is 0 Å². The topological polar surface area (TPSA) is 61.4 Å². The molecule has 0 saturated carbocycles. The van der Waals surface area contributed by atoms with Gasteiger partial charge in [-0.25, -0.2) is 14.8 Å². The lowest BCUT2D eigenvalue weighted by molar-refractivity contribution is 0.206. The van der Waals surface area contributed by atoms with E-state index >= 15 is 0 Å². The molecule has 0 atom stereocenters. The molecule has 0 unspecified atom stereocenters. The Morgan fingerprint density at radius 2 is 1.83 bits per heavy atom. The number of nitrogens with zero attached hydrogens (tertiary/aromatic N) is 4. The predicted octanol–water partition coefficient (Wildman–Crippen LogP) is 4.92. The maximum Gasteiger partial charge on any atom is 0.322 e. The van der Waals surface area contributed by atoms with Gasteiger partial charge in [0.05, 0.1) is 28.0 Å². The number of aryl methyl sites for hydroxylation is 1. The third-order valence-corrected chi connectivity index (χ3v) is 6.35. The van der Waals surface area contributed by atoms with Crippen LogP contribution in [0.3, 0.4) is 0 Å². The lowest BCUT2D eigenvalue weighted by atomic mass is 9.98. The van der Waals surface area contributed by atoms with Gasteiger partial charge in [-0.3, -0.25) is 0 Å². The Hall–Kier alpha value is -2.05. The number of hydrogen-bond donors (Lipinski definition) is 1. The van der Waals surface area contributed by atoms with E-state index < -0.39 is 0 Å². The number of rotatable bonds is 2. The third kappa shape index (κ3) is 4.28. The number of carbonyl (C=O) groups excluding carboxylic acids is 1. The molecule has 0 bridgehead atoms. The first-order valence-corrected chi connectivity index (χ1v) is 10.8. The normalized spacial score (nSPS) is 17.2. The number of hydrogen-bond acceptors (Lipinski definition) is 4. The number of para-hydroxylation sites is 1. The van der Waals surface area contributed by atoms with Gasteiger partial charge in [-0.05, 0) is 37.8 Å². The molecule has 2 aliphatic heterocycles. The number of urea groups is 1. The molecule has 1 N–H and O–H groups in total. The lowest BCUT2D eigenvalue weighted by Crippen LogP contribution is -2.41. The van der Waals surface area contributed by atoms with Gasteiger partial charge in [-0.2, -0.15) is 0 Å². The van der Waals surface area contributed by atoms with E-state index in [1.165, 1.54) is 0 Å². The van der Waals surface area contributed by atoms with E-state index in [9.17, 15) is 4.79 Å². The van der Waals surface area contributed by atoms with Gasteiger partial charge in [-0.1, -0.05) is 36.2 Å². The number of amides is 2. The van der Waals surface area contributed by atoms with Crippen LogP contribution in [-0.4, -0.2) is 40.5 Å². The van der Waals surface area contributed by atoms with E-state index in [4.69, 9.17) is 28.2 Å². The summed E-state index contributed by atoms with van der Waals surface area (Å²) in [5.74, 6) is 2.51. The second-order valence-electron chi connectivity index (χ2n) is 7.89. The maximum absolute atomic E-state index is 12.9. The fraction of sp³-hybridized carbons (Fsp3) is 0.476. The molecule has 0 radical (unpaired) electrons. The maximum atomic E-state index is 12.9. The zero-order valence-electron chi connectivity index (χ0n) is 16.7. The molecule has 29 heavy (non-hydrogen) atoms. The predicted molar refractivity (Wildman–Crippen MR) is 117 cm³/mol. The van der Waals surface area contributed by atoms with Gasteiger partial charge < -0.3 is 15.1 Å². The zero-order chi connectivity index (χ0) is 20.5. The fourth-order valence-electron chi connectivity index (χ4n) is 3.98. The van der Waals surface area contributed by atoms with Crippen LogP contribution < -0.4 is 10.2 Å². The molecular weight excluding hydrogens is 409 g/mol. The zero-order valence-corrected chi connectivity index (χ0v) is 18.2. The van der Waals surface area contributed by atoms with Crippen molar-refractivity contribution in [3.63, 3.8) is 0 Å². The van der Waals surface area contributed by atoms with E-state index in [1.807, 2.05) is 6.92 Å². The summed E-state index contributed by atoms with van der Waals surface area (Å²) in [5, 5.41) is 3.71. The highest BCUT2D eigenvalue weighted by Gasteiger charge is 2.29. The van der Waals surface area contributed by atoms with Gasteiger partial charge in [0.2, 0.25) is 0 Å². The first-order valence-electron chi connectivity index (χ1n) is 10.0. The van der Waals surface area contributed by atoms with Gasteiger partial charge in [0, 0.05) is 31.6 Å². The van der Waals surface area contributed by atoms with Crippen molar-refractivity contribution in [1.82, 2.24) is 14.9 Å². The number of nitrogens with one attached hydrogen (secondary N) is 1. The van der Waals surface area contributed by atoms with Crippen LogP contribution >= 0.6 is 23.2 Å². The molecule has 3 heterocycles. The van der Waals surface area contributed by atoms with Crippen molar-refractivity contribution in [1.29, 1.82) is 0 Å². The second-order valence-corrected chi connectivity index (χ2v) is 8.70. The molecule has 8 heteroatoms. The largest absolute Gasteiger partial charge is 0.356 e. The lowest BCUT2D eigenvalue weighted by Gasteiger charge is -2.36. The van der Waals surface area contributed by atoms with Crippen LogP contribution in [0.15, 0.2) is 18.2 Å². The van der Waals surface area contributed by atoms with Gasteiger partial charge >= 0.3 is 6.03 Å². The van der Waals surface area contributed by atoms with Crippen LogP contribution in [0, 0.1) is 12.8 Å². The molecule has 1 aromatic carbocycles. The first-order chi connectivity index (χ1) is 13.9. The number of aromatic nitrogens is 2. The average molecular weight is 434 g/mol. The molecule has 2 amide bonds. The summed E-state index contributed by atoms with van der Waals surface area (Å²) in [5.41, 5.74) is 2.54. The summed E-state index contributed by atoms with van der Waals surface area (Å²) in [7, 11) is 0. The monoisotopic (exact) mass is 433 g/mol. The molecule has 1 fully saturated rings. The van der Waals surface area contributed by atoms with Crippen LogP contribution in [0.5, 0.6) is 0 Å². The second kappa shape index (κ2) is 8.36. The van der Waals surface area contributed by atoms with Crippen molar-refractivity contribution in [3.8, 4) is 0 Å². The summed E-state index contributed by atoms with van der Waals surface area (Å²) in [6.07, 6.45) is 3.03. The number of halogens is 2. The van der Waals surface area contributed by atoms with Crippen molar-refractivity contribution in [2.75, 3.05) is 29.9 Å². The molecule has 1 saturated heterocycles. The highest BCUT2D eigenvalue weighted by atomic mass is 35.5. The van der Waals surface area contributed by atoms with Crippen LogP contribution in [0.25, 0.3) is 0 Å². The average Bonchev–Trinajstić information content (AvgIpc) is 2.70. The minimum Gasteiger partial charge on any atom is -0.356 e. The number of fused-ring (bicyclic) bond motifs is 1. The van der Waals surface area contributed by atoms with Gasteiger partial charge in [-0.15, -0.1) is 0 Å². The summed E-state index contributed by atoms with van der Waals surface area (Å²) < 4.78 is 0. The third-order valence-electron chi connectivity index (χ3n) is 5.72. The highest BCUT2D eigenvalue weighted by Crippen LogP contribution is 2.32. The summed E-state index contributed by atoms with van der Waals surface area (Å²) in [6, 6.07) is 4.95. The minimum absolute atomic E-state index is 0.218. The smallest absolute Gasteiger partial charge is 0.322 e. The van der Waals surface area contributed by atoms with Crippen molar-refractivity contribution in [3.05, 3.63) is 45.3 Å². The van der Waals surface area contributed by atoms with Gasteiger partial charge in [0.25, 0.3) is 0 Å². The summed E-state index contributed by atoms with van der Waals surface area (Å²) in [4.78, 5) is 26.5. The number of piperidine rings is 1. The molecule has 2 aliphatic rings. The highest BCUT2D eigenvalue weighted by molar-refractivity contribution is 6.39. The first kappa shape index (κ1) is 20.2. The van der Waals surface area contributed by atoms with Gasteiger partial charge in [0.1, 0.15) is 11.6 Å². The van der Waals surface area contributed by atoms with Crippen molar-refractivity contribution in [2.24, 2.45) is 5.92 Å². The van der Waals surface area contributed by atoms with E-state index in [0.717, 1.165) is 54.7 Å². The molecule has 1 aromatic heterocycles. The van der Waals surface area contributed by atoms with E-state index in [1.54, 1.807) is 23.1 Å². The fourth-order valence-corrected chi connectivity index (χ4v) is 4.47.